The molecule has 1 aromatic carbocycles. The zero-order chi connectivity index (χ0) is 17.2. The number of hydrogen-bond donors (Lipinski definition) is 1. The maximum atomic E-state index is 13.0. The largest absolute Gasteiger partial charge is 0.358 e. The van der Waals surface area contributed by atoms with Crippen molar-refractivity contribution in [1.29, 1.82) is 0 Å². The number of likely N-dealkylation sites (N-methyl/N-ethyl adjacent to an activating group) is 1. The first-order chi connectivity index (χ1) is 11.5. The van der Waals surface area contributed by atoms with E-state index in [-0.39, 0.29) is 10.8 Å². The van der Waals surface area contributed by atoms with Gasteiger partial charge in [-0.3, -0.25) is 4.79 Å². The second kappa shape index (κ2) is 6.65. The fraction of sp³-hybridized carbons (Fsp3) is 0.429. The zero-order valence-corrected chi connectivity index (χ0v) is 14.0. The summed E-state index contributed by atoms with van der Waals surface area (Å²) in [6.45, 7) is 0.329. The molecule has 0 unspecified atom stereocenters. The molecule has 0 spiro atoms. The third-order valence-corrected chi connectivity index (χ3v) is 5.94. The first-order valence-electron chi connectivity index (χ1n) is 7.61. The molecule has 1 amide bonds. The van der Waals surface area contributed by atoms with Crippen molar-refractivity contribution in [1.82, 2.24) is 29.8 Å². The number of tetrazole rings is 1. The van der Waals surface area contributed by atoms with E-state index in [0.29, 0.717) is 18.7 Å². The minimum atomic E-state index is -3.79. The molecule has 1 N–H and O–H groups in total. The summed E-state index contributed by atoms with van der Waals surface area (Å²) in [6.07, 6.45) is 3.47. The maximum absolute atomic E-state index is 13.0. The Balaban J connectivity index is 1.97. The summed E-state index contributed by atoms with van der Waals surface area (Å²) in [5, 5.41) is 13.4. The number of carbonyl (C=O) groups excluding carboxylic acids is 1. The SMILES string of the molecule is CNC(=O)[C@H]1CCCCN1S(=O)(=O)c1cccc(-n2cnnn2)c1. The Hall–Kier alpha value is -2.33. The van der Waals surface area contributed by atoms with Gasteiger partial charge < -0.3 is 5.32 Å². The standard InChI is InChI=1S/C14H18N6O3S/c1-15-14(21)13-7-2-3-8-20(13)24(22,23)12-6-4-5-11(9-12)19-10-16-17-18-19/h4-6,9-10,13H,2-3,7-8H2,1H3,(H,15,21)/t13-/m1/s1. The van der Waals surface area contributed by atoms with Crippen LogP contribution in [0.1, 0.15) is 19.3 Å². The van der Waals surface area contributed by atoms with Crippen LogP contribution in [0.15, 0.2) is 35.5 Å². The van der Waals surface area contributed by atoms with Gasteiger partial charge >= 0.3 is 0 Å². The Morgan fingerprint density at radius 1 is 1.33 bits per heavy atom. The van der Waals surface area contributed by atoms with E-state index < -0.39 is 16.1 Å². The van der Waals surface area contributed by atoms with E-state index in [1.165, 1.54) is 34.5 Å². The molecule has 1 fully saturated rings. The number of carbonyl (C=O) groups is 1. The zero-order valence-electron chi connectivity index (χ0n) is 13.2. The van der Waals surface area contributed by atoms with Crippen molar-refractivity contribution in [3.05, 3.63) is 30.6 Å². The average Bonchev–Trinajstić information content (AvgIpc) is 3.16. The van der Waals surface area contributed by atoms with Gasteiger partial charge in [0.15, 0.2) is 0 Å². The minimum Gasteiger partial charge on any atom is -0.358 e. The fourth-order valence-electron chi connectivity index (χ4n) is 2.82. The summed E-state index contributed by atoms with van der Waals surface area (Å²) in [5.74, 6) is -0.282. The molecule has 1 aliphatic rings. The molecule has 24 heavy (non-hydrogen) atoms. The highest BCUT2D eigenvalue weighted by atomic mass is 32.2. The molecule has 10 heteroatoms. The summed E-state index contributed by atoms with van der Waals surface area (Å²) in [4.78, 5) is 12.2. The van der Waals surface area contributed by atoms with Gasteiger partial charge in [-0.1, -0.05) is 12.5 Å². The molecule has 0 aliphatic carbocycles. The third kappa shape index (κ3) is 3.02. The molecule has 1 saturated heterocycles. The van der Waals surface area contributed by atoms with Gasteiger partial charge in [0.1, 0.15) is 12.4 Å². The second-order valence-electron chi connectivity index (χ2n) is 5.49. The van der Waals surface area contributed by atoms with Crippen molar-refractivity contribution in [2.24, 2.45) is 0 Å². The maximum Gasteiger partial charge on any atom is 0.243 e. The number of amides is 1. The van der Waals surface area contributed by atoms with Crippen LogP contribution in [0.4, 0.5) is 0 Å². The van der Waals surface area contributed by atoms with E-state index in [0.717, 1.165) is 12.8 Å². The predicted octanol–water partition coefficient (Wildman–Crippen LogP) is -0.0485. The van der Waals surface area contributed by atoms with Gasteiger partial charge in [0.05, 0.1) is 10.6 Å². The van der Waals surface area contributed by atoms with Gasteiger partial charge in [0.2, 0.25) is 15.9 Å². The van der Waals surface area contributed by atoms with Gasteiger partial charge in [-0.15, -0.1) is 5.10 Å². The number of nitrogens with one attached hydrogen (secondary N) is 1. The number of rotatable bonds is 4. The van der Waals surface area contributed by atoms with Gasteiger partial charge in [-0.25, -0.2) is 13.1 Å². The Morgan fingerprint density at radius 2 is 2.17 bits per heavy atom. The fourth-order valence-corrected chi connectivity index (χ4v) is 4.52. The molecule has 1 aromatic heterocycles. The van der Waals surface area contributed by atoms with Crippen LogP contribution in [-0.2, 0) is 14.8 Å². The van der Waals surface area contributed by atoms with E-state index in [4.69, 9.17) is 0 Å². The number of piperidine rings is 1. The molecule has 0 bridgehead atoms. The Kier molecular flexibility index (Phi) is 4.58. The van der Waals surface area contributed by atoms with Crippen molar-refractivity contribution in [2.75, 3.05) is 13.6 Å². The van der Waals surface area contributed by atoms with Crippen LogP contribution < -0.4 is 5.32 Å². The number of benzene rings is 1. The van der Waals surface area contributed by atoms with Crippen LogP contribution in [0.25, 0.3) is 5.69 Å². The summed E-state index contributed by atoms with van der Waals surface area (Å²) < 4.78 is 28.7. The Bertz CT molecular complexity index is 821. The minimum absolute atomic E-state index is 0.117. The quantitative estimate of drug-likeness (QED) is 0.828. The van der Waals surface area contributed by atoms with Gasteiger partial charge in [-0.2, -0.15) is 4.31 Å². The van der Waals surface area contributed by atoms with Gasteiger partial charge in [0, 0.05) is 13.6 Å². The predicted molar refractivity (Wildman–Crippen MR) is 84.8 cm³/mol. The molecule has 0 radical (unpaired) electrons. The van der Waals surface area contributed by atoms with Gasteiger partial charge in [0.25, 0.3) is 0 Å². The van der Waals surface area contributed by atoms with Crippen molar-refractivity contribution < 1.29 is 13.2 Å². The lowest BCUT2D eigenvalue weighted by molar-refractivity contribution is -0.125. The summed E-state index contributed by atoms with van der Waals surface area (Å²) in [5.41, 5.74) is 0.537. The molecule has 0 saturated carbocycles. The van der Waals surface area contributed by atoms with Crippen LogP contribution >= 0.6 is 0 Å². The van der Waals surface area contributed by atoms with E-state index in [1.54, 1.807) is 12.1 Å². The lowest BCUT2D eigenvalue weighted by Gasteiger charge is -2.33. The lowest BCUT2D eigenvalue weighted by Crippen LogP contribution is -2.51. The lowest BCUT2D eigenvalue weighted by atomic mass is 10.0. The summed E-state index contributed by atoms with van der Waals surface area (Å²) in [7, 11) is -2.28. The molecule has 3 rings (SSSR count). The van der Waals surface area contributed by atoms with Crippen LogP contribution in [0.2, 0.25) is 0 Å². The summed E-state index contributed by atoms with van der Waals surface area (Å²) in [6, 6.07) is 5.68. The Labute approximate surface area is 139 Å². The molecule has 1 atom stereocenters. The Morgan fingerprint density at radius 3 is 2.88 bits per heavy atom. The first-order valence-corrected chi connectivity index (χ1v) is 9.05. The molecular weight excluding hydrogens is 332 g/mol. The van der Waals surface area contributed by atoms with Crippen LogP contribution in [0.3, 0.4) is 0 Å². The van der Waals surface area contributed by atoms with Crippen molar-refractivity contribution in [3.63, 3.8) is 0 Å². The van der Waals surface area contributed by atoms with E-state index >= 15 is 0 Å². The van der Waals surface area contributed by atoms with Crippen LogP contribution in [-0.4, -0.2) is 58.5 Å². The smallest absolute Gasteiger partial charge is 0.243 e. The highest BCUT2D eigenvalue weighted by molar-refractivity contribution is 7.89. The van der Waals surface area contributed by atoms with E-state index in [2.05, 4.69) is 20.8 Å². The third-order valence-electron chi connectivity index (χ3n) is 4.04. The number of nitrogens with zero attached hydrogens (tertiary/aromatic N) is 5. The van der Waals surface area contributed by atoms with Gasteiger partial charge in [-0.05, 0) is 41.5 Å². The molecular formula is C14H18N6O3S. The van der Waals surface area contributed by atoms with E-state index in [9.17, 15) is 13.2 Å². The monoisotopic (exact) mass is 350 g/mol. The highest BCUT2D eigenvalue weighted by Gasteiger charge is 2.37. The van der Waals surface area contributed by atoms with Crippen molar-refractivity contribution in [2.45, 2.75) is 30.2 Å². The molecule has 128 valence electrons. The molecule has 9 nitrogen and oxygen atoms in total. The normalized spacial score (nSPS) is 19.1. The topological polar surface area (TPSA) is 110 Å². The van der Waals surface area contributed by atoms with Crippen LogP contribution in [0, 0.1) is 0 Å². The second-order valence-corrected chi connectivity index (χ2v) is 7.38. The highest BCUT2D eigenvalue weighted by Crippen LogP contribution is 2.26. The van der Waals surface area contributed by atoms with Crippen LogP contribution in [0.5, 0.6) is 0 Å². The number of sulfonamides is 1. The summed E-state index contributed by atoms with van der Waals surface area (Å²) >= 11 is 0. The molecule has 1 aliphatic heterocycles. The average molecular weight is 350 g/mol. The molecule has 2 aromatic rings. The van der Waals surface area contributed by atoms with Crippen molar-refractivity contribution in [3.8, 4) is 5.69 Å². The number of hydrogen-bond acceptors (Lipinski definition) is 6. The first kappa shape index (κ1) is 16.5. The molecule has 2 heterocycles. The van der Waals surface area contributed by atoms with E-state index in [1.807, 2.05) is 0 Å². The number of aromatic nitrogens is 4. The van der Waals surface area contributed by atoms with Crippen molar-refractivity contribution >= 4 is 15.9 Å².